The SMILES string of the molecule is CCN(CC(=O)O)C(=O)N(CCO)C1CCCCC1. The number of amides is 2. The molecule has 0 radical (unpaired) electrons. The summed E-state index contributed by atoms with van der Waals surface area (Å²) in [6.07, 6.45) is 5.24. The molecule has 110 valence electrons. The van der Waals surface area contributed by atoms with Gasteiger partial charge in [-0.2, -0.15) is 0 Å². The maximum absolute atomic E-state index is 12.4. The largest absolute Gasteiger partial charge is 0.480 e. The van der Waals surface area contributed by atoms with Gasteiger partial charge in [0.05, 0.1) is 6.61 Å². The van der Waals surface area contributed by atoms with Gasteiger partial charge in [-0.3, -0.25) is 4.79 Å². The van der Waals surface area contributed by atoms with E-state index in [0.29, 0.717) is 6.54 Å². The molecule has 2 N–H and O–H groups in total. The molecule has 6 nitrogen and oxygen atoms in total. The number of carbonyl (C=O) groups is 2. The lowest BCUT2D eigenvalue weighted by Gasteiger charge is -2.37. The number of carbonyl (C=O) groups excluding carboxylic acids is 1. The zero-order valence-electron chi connectivity index (χ0n) is 11.5. The van der Waals surface area contributed by atoms with Gasteiger partial charge in [-0.25, -0.2) is 4.79 Å². The maximum Gasteiger partial charge on any atom is 0.323 e. The van der Waals surface area contributed by atoms with E-state index in [0.717, 1.165) is 25.7 Å². The summed E-state index contributed by atoms with van der Waals surface area (Å²) in [7, 11) is 0. The third-order valence-corrected chi connectivity index (χ3v) is 3.58. The highest BCUT2D eigenvalue weighted by Gasteiger charge is 2.28. The minimum absolute atomic E-state index is 0.0904. The number of hydrogen-bond donors (Lipinski definition) is 2. The first-order valence-electron chi connectivity index (χ1n) is 6.98. The van der Waals surface area contributed by atoms with Gasteiger partial charge in [0.25, 0.3) is 0 Å². The van der Waals surface area contributed by atoms with Crippen molar-refractivity contribution in [2.75, 3.05) is 26.2 Å². The Morgan fingerprint density at radius 2 is 1.84 bits per heavy atom. The summed E-state index contributed by atoms with van der Waals surface area (Å²) in [5.74, 6) is -1.01. The van der Waals surface area contributed by atoms with Gasteiger partial charge in [-0.1, -0.05) is 19.3 Å². The first-order chi connectivity index (χ1) is 9.10. The van der Waals surface area contributed by atoms with Gasteiger partial charge in [-0.05, 0) is 19.8 Å². The van der Waals surface area contributed by atoms with Crippen molar-refractivity contribution in [1.29, 1.82) is 0 Å². The highest BCUT2D eigenvalue weighted by molar-refractivity contribution is 5.80. The number of likely N-dealkylation sites (N-methyl/N-ethyl adjacent to an activating group) is 1. The molecule has 1 rings (SSSR count). The summed E-state index contributed by atoms with van der Waals surface area (Å²) in [6.45, 7) is 2.02. The monoisotopic (exact) mass is 272 g/mol. The third kappa shape index (κ3) is 4.70. The minimum Gasteiger partial charge on any atom is -0.480 e. The molecule has 0 unspecified atom stereocenters. The quantitative estimate of drug-likeness (QED) is 0.759. The van der Waals surface area contributed by atoms with Crippen LogP contribution in [-0.4, -0.2) is 64.3 Å². The van der Waals surface area contributed by atoms with E-state index in [1.807, 2.05) is 0 Å². The first-order valence-corrected chi connectivity index (χ1v) is 6.98. The van der Waals surface area contributed by atoms with E-state index in [2.05, 4.69) is 0 Å². The molecule has 1 aliphatic carbocycles. The van der Waals surface area contributed by atoms with Crippen molar-refractivity contribution < 1.29 is 19.8 Å². The number of nitrogens with zero attached hydrogens (tertiary/aromatic N) is 2. The average molecular weight is 272 g/mol. The van der Waals surface area contributed by atoms with Crippen molar-refractivity contribution in [2.45, 2.75) is 45.1 Å². The molecule has 0 aromatic rings. The fourth-order valence-electron chi connectivity index (χ4n) is 2.59. The van der Waals surface area contributed by atoms with Crippen LogP contribution in [0.2, 0.25) is 0 Å². The van der Waals surface area contributed by atoms with Gasteiger partial charge in [0.15, 0.2) is 0 Å². The standard InChI is InChI=1S/C13H24N2O4/c1-2-14(10-12(17)18)13(19)15(8-9-16)11-6-4-3-5-7-11/h11,16H,2-10H2,1H3,(H,17,18). The second kappa shape index (κ2) is 7.99. The molecule has 1 fully saturated rings. The normalized spacial score (nSPS) is 16.1. The molecule has 2 amide bonds. The lowest BCUT2D eigenvalue weighted by atomic mass is 9.94. The van der Waals surface area contributed by atoms with Crippen LogP contribution in [0.25, 0.3) is 0 Å². The lowest BCUT2D eigenvalue weighted by Crippen LogP contribution is -2.51. The zero-order valence-corrected chi connectivity index (χ0v) is 11.5. The van der Waals surface area contributed by atoms with Crippen molar-refractivity contribution in [2.24, 2.45) is 0 Å². The van der Waals surface area contributed by atoms with Gasteiger partial charge >= 0.3 is 12.0 Å². The Balaban J connectivity index is 2.71. The smallest absolute Gasteiger partial charge is 0.323 e. The van der Waals surface area contributed by atoms with E-state index in [1.165, 1.54) is 11.3 Å². The van der Waals surface area contributed by atoms with Crippen molar-refractivity contribution in [3.63, 3.8) is 0 Å². The molecule has 0 heterocycles. The Labute approximate surface area is 114 Å². The van der Waals surface area contributed by atoms with Crippen molar-refractivity contribution in [1.82, 2.24) is 9.80 Å². The second-order valence-electron chi connectivity index (χ2n) is 4.90. The highest BCUT2D eigenvalue weighted by Crippen LogP contribution is 2.23. The molecule has 0 aliphatic heterocycles. The van der Waals surface area contributed by atoms with E-state index in [-0.39, 0.29) is 31.8 Å². The van der Waals surface area contributed by atoms with Crippen LogP contribution < -0.4 is 0 Å². The summed E-state index contributed by atoms with van der Waals surface area (Å²) >= 11 is 0. The summed E-state index contributed by atoms with van der Waals surface area (Å²) in [5, 5.41) is 17.9. The topological polar surface area (TPSA) is 81.1 Å². The Morgan fingerprint density at radius 1 is 1.21 bits per heavy atom. The van der Waals surface area contributed by atoms with Crippen LogP contribution in [0.3, 0.4) is 0 Å². The van der Waals surface area contributed by atoms with Crippen molar-refractivity contribution in [3.8, 4) is 0 Å². The molecule has 1 aliphatic rings. The van der Waals surface area contributed by atoms with Crippen molar-refractivity contribution in [3.05, 3.63) is 0 Å². The maximum atomic E-state index is 12.4. The summed E-state index contributed by atoms with van der Waals surface area (Å²) < 4.78 is 0. The fraction of sp³-hybridized carbons (Fsp3) is 0.846. The van der Waals surface area contributed by atoms with E-state index >= 15 is 0 Å². The molecule has 0 saturated heterocycles. The summed E-state index contributed by atoms with van der Waals surface area (Å²) in [5.41, 5.74) is 0. The molecule has 0 bridgehead atoms. The predicted molar refractivity (Wildman–Crippen MR) is 70.9 cm³/mol. The Bertz CT molecular complexity index is 303. The lowest BCUT2D eigenvalue weighted by molar-refractivity contribution is -0.137. The van der Waals surface area contributed by atoms with Gasteiger partial charge in [0, 0.05) is 19.1 Å². The number of aliphatic carboxylic acids is 1. The van der Waals surface area contributed by atoms with Crippen LogP contribution in [0.5, 0.6) is 0 Å². The number of hydrogen-bond acceptors (Lipinski definition) is 3. The number of urea groups is 1. The Hall–Kier alpha value is -1.30. The molecule has 0 spiro atoms. The van der Waals surface area contributed by atoms with Gasteiger partial charge < -0.3 is 20.0 Å². The highest BCUT2D eigenvalue weighted by atomic mass is 16.4. The number of carboxylic acid groups (broad SMARTS) is 1. The molecule has 19 heavy (non-hydrogen) atoms. The van der Waals surface area contributed by atoms with Gasteiger partial charge in [0.1, 0.15) is 6.54 Å². The third-order valence-electron chi connectivity index (χ3n) is 3.58. The summed E-state index contributed by atoms with van der Waals surface area (Å²) in [4.78, 5) is 26.1. The number of aliphatic hydroxyl groups is 1. The molecule has 0 aromatic carbocycles. The predicted octanol–water partition coefficient (Wildman–Crippen LogP) is 1.14. The summed E-state index contributed by atoms with van der Waals surface area (Å²) in [6, 6.07) is -0.137. The molecule has 0 aromatic heterocycles. The van der Waals surface area contributed by atoms with Crippen LogP contribution in [0.1, 0.15) is 39.0 Å². The van der Waals surface area contributed by atoms with Crippen LogP contribution >= 0.6 is 0 Å². The van der Waals surface area contributed by atoms with Crippen LogP contribution in [0.4, 0.5) is 4.79 Å². The minimum atomic E-state index is -1.01. The van der Waals surface area contributed by atoms with E-state index in [9.17, 15) is 9.59 Å². The molecular formula is C13H24N2O4. The van der Waals surface area contributed by atoms with Crippen LogP contribution in [0.15, 0.2) is 0 Å². The molecule has 6 heteroatoms. The molecular weight excluding hydrogens is 248 g/mol. The number of rotatable bonds is 6. The van der Waals surface area contributed by atoms with Crippen LogP contribution in [-0.2, 0) is 4.79 Å². The van der Waals surface area contributed by atoms with E-state index < -0.39 is 5.97 Å². The van der Waals surface area contributed by atoms with Gasteiger partial charge in [0.2, 0.25) is 0 Å². The second-order valence-corrected chi connectivity index (χ2v) is 4.90. The Morgan fingerprint density at radius 3 is 2.32 bits per heavy atom. The molecule has 0 atom stereocenters. The van der Waals surface area contributed by atoms with Crippen LogP contribution in [0, 0.1) is 0 Å². The van der Waals surface area contributed by atoms with Gasteiger partial charge in [-0.15, -0.1) is 0 Å². The zero-order chi connectivity index (χ0) is 14.3. The Kier molecular flexibility index (Phi) is 6.62. The van der Waals surface area contributed by atoms with E-state index in [1.54, 1.807) is 11.8 Å². The van der Waals surface area contributed by atoms with Crippen molar-refractivity contribution >= 4 is 12.0 Å². The average Bonchev–Trinajstić information content (AvgIpc) is 2.42. The fourth-order valence-corrected chi connectivity index (χ4v) is 2.59. The number of aliphatic hydroxyl groups excluding tert-OH is 1. The number of carboxylic acids is 1. The van der Waals surface area contributed by atoms with E-state index in [4.69, 9.17) is 10.2 Å². The first kappa shape index (κ1) is 15.8. The molecule has 1 saturated carbocycles.